The van der Waals surface area contributed by atoms with Crippen LogP contribution < -0.4 is 5.43 Å². The van der Waals surface area contributed by atoms with E-state index in [4.69, 9.17) is 8.83 Å². The van der Waals surface area contributed by atoms with Crippen LogP contribution in [0.15, 0.2) is 56.3 Å². The molecule has 0 N–H and O–H groups in total. The standard InChI is InChI=1S/C20H16O3/c1-11-6-12(2)8-14(7-11)18-9-16(21)15-4-5-17-19(20(15)23-18)13(3)10-22-17/h4-10H,1-3H3. The van der Waals surface area contributed by atoms with Crippen molar-refractivity contribution < 1.29 is 8.83 Å². The van der Waals surface area contributed by atoms with Crippen molar-refractivity contribution in [3.63, 3.8) is 0 Å². The second-order valence-corrected chi connectivity index (χ2v) is 6.09. The Morgan fingerprint density at radius 3 is 2.39 bits per heavy atom. The molecule has 0 unspecified atom stereocenters. The third-order valence-corrected chi connectivity index (χ3v) is 4.12. The number of benzene rings is 2. The molecule has 0 aliphatic carbocycles. The zero-order valence-corrected chi connectivity index (χ0v) is 13.3. The Bertz CT molecular complexity index is 1090. The van der Waals surface area contributed by atoms with Gasteiger partial charge in [-0.05, 0) is 50.6 Å². The van der Waals surface area contributed by atoms with Gasteiger partial charge in [0.05, 0.1) is 17.0 Å². The number of hydrogen-bond donors (Lipinski definition) is 0. The van der Waals surface area contributed by atoms with E-state index >= 15 is 0 Å². The molecule has 4 rings (SSSR count). The molecule has 3 heteroatoms. The Labute approximate surface area is 133 Å². The maximum atomic E-state index is 12.5. The summed E-state index contributed by atoms with van der Waals surface area (Å²) < 4.78 is 11.6. The molecule has 0 radical (unpaired) electrons. The van der Waals surface area contributed by atoms with Crippen LogP contribution in [0.5, 0.6) is 0 Å². The van der Waals surface area contributed by atoms with Crippen LogP contribution in [0.2, 0.25) is 0 Å². The molecular weight excluding hydrogens is 288 g/mol. The van der Waals surface area contributed by atoms with Crippen LogP contribution in [-0.2, 0) is 0 Å². The Hall–Kier alpha value is -2.81. The lowest BCUT2D eigenvalue weighted by Gasteiger charge is -2.06. The monoisotopic (exact) mass is 304 g/mol. The maximum absolute atomic E-state index is 12.5. The van der Waals surface area contributed by atoms with Crippen molar-refractivity contribution in [2.75, 3.05) is 0 Å². The lowest BCUT2D eigenvalue weighted by molar-refractivity contribution is 0.610. The molecule has 2 heterocycles. The molecule has 0 aliphatic heterocycles. The molecule has 23 heavy (non-hydrogen) atoms. The van der Waals surface area contributed by atoms with Gasteiger partial charge in [-0.3, -0.25) is 4.79 Å². The summed E-state index contributed by atoms with van der Waals surface area (Å²) in [6.45, 7) is 6.02. The van der Waals surface area contributed by atoms with E-state index in [-0.39, 0.29) is 5.43 Å². The zero-order valence-electron chi connectivity index (χ0n) is 13.3. The molecule has 0 fully saturated rings. The van der Waals surface area contributed by atoms with Crippen molar-refractivity contribution in [2.45, 2.75) is 20.8 Å². The van der Waals surface area contributed by atoms with Crippen molar-refractivity contribution in [2.24, 2.45) is 0 Å². The van der Waals surface area contributed by atoms with Gasteiger partial charge in [-0.15, -0.1) is 0 Å². The maximum Gasteiger partial charge on any atom is 0.193 e. The summed E-state index contributed by atoms with van der Waals surface area (Å²) in [4.78, 5) is 12.5. The average Bonchev–Trinajstić information content (AvgIpc) is 2.88. The number of aryl methyl sites for hydroxylation is 3. The summed E-state index contributed by atoms with van der Waals surface area (Å²) in [5.74, 6) is 0.586. The summed E-state index contributed by atoms with van der Waals surface area (Å²) in [6.07, 6.45) is 1.69. The molecule has 0 saturated heterocycles. The molecule has 0 spiro atoms. The Morgan fingerprint density at radius 1 is 0.913 bits per heavy atom. The minimum absolute atomic E-state index is 0.0390. The minimum Gasteiger partial charge on any atom is -0.464 e. The third-order valence-electron chi connectivity index (χ3n) is 4.12. The summed E-state index contributed by atoms with van der Waals surface area (Å²) in [5, 5.41) is 1.45. The van der Waals surface area contributed by atoms with E-state index in [1.165, 1.54) is 0 Å². The predicted molar refractivity (Wildman–Crippen MR) is 91.9 cm³/mol. The number of fused-ring (bicyclic) bond motifs is 3. The van der Waals surface area contributed by atoms with Crippen LogP contribution in [-0.4, -0.2) is 0 Å². The highest BCUT2D eigenvalue weighted by Gasteiger charge is 2.14. The molecular formula is C20H16O3. The van der Waals surface area contributed by atoms with Gasteiger partial charge in [-0.2, -0.15) is 0 Å². The fourth-order valence-electron chi connectivity index (χ4n) is 3.14. The van der Waals surface area contributed by atoms with E-state index in [0.29, 0.717) is 16.7 Å². The molecule has 2 aromatic carbocycles. The first kappa shape index (κ1) is 13.8. The second-order valence-electron chi connectivity index (χ2n) is 6.09. The van der Waals surface area contributed by atoms with Gasteiger partial charge in [0.15, 0.2) is 5.43 Å². The molecule has 0 bridgehead atoms. The Morgan fingerprint density at radius 2 is 1.65 bits per heavy atom. The van der Waals surface area contributed by atoms with Crippen molar-refractivity contribution in [1.82, 2.24) is 0 Å². The highest BCUT2D eigenvalue weighted by molar-refractivity contribution is 6.04. The summed E-state index contributed by atoms with van der Waals surface area (Å²) in [7, 11) is 0. The van der Waals surface area contributed by atoms with Crippen LogP contribution in [0.1, 0.15) is 16.7 Å². The summed E-state index contributed by atoms with van der Waals surface area (Å²) in [5.41, 5.74) is 5.45. The average molecular weight is 304 g/mol. The third kappa shape index (κ3) is 2.16. The summed E-state index contributed by atoms with van der Waals surface area (Å²) >= 11 is 0. The van der Waals surface area contributed by atoms with Crippen LogP contribution in [0.25, 0.3) is 33.3 Å². The van der Waals surface area contributed by atoms with Gasteiger partial charge in [-0.25, -0.2) is 0 Å². The first-order valence-electron chi connectivity index (χ1n) is 7.56. The zero-order chi connectivity index (χ0) is 16.1. The molecule has 3 nitrogen and oxygen atoms in total. The van der Waals surface area contributed by atoms with E-state index in [9.17, 15) is 4.79 Å². The van der Waals surface area contributed by atoms with E-state index in [0.717, 1.165) is 33.2 Å². The van der Waals surface area contributed by atoms with Gasteiger partial charge in [-0.1, -0.05) is 17.2 Å². The number of furan rings is 1. The van der Waals surface area contributed by atoms with Crippen molar-refractivity contribution in [3.05, 3.63) is 69.6 Å². The molecule has 114 valence electrons. The second kappa shape index (κ2) is 4.85. The first-order chi connectivity index (χ1) is 11.0. The van der Waals surface area contributed by atoms with E-state index in [1.54, 1.807) is 18.4 Å². The number of hydrogen-bond acceptors (Lipinski definition) is 3. The molecule has 0 aliphatic rings. The summed E-state index contributed by atoms with van der Waals surface area (Å²) in [6, 6.07) is 11.3. The smallest absolute Gasteiger partial charge is 0.193 e. The van der Waals surface area contributed by atoms with Gasteiger partial charge in [0.2, 0.25) is 0 Å². The highest BCUT2D eigenvalue weighted by atomic mass is 16.3. The van der Waals surface area contributed by atoms with E-state index in [2.05, 4.69) is 6.07 Å². The number of rotatable bonds is 1. The van der Waals surface area contributed by atoms with Crippen molar-refractivity contribution in [1.29, 1.82) is 0 Å². The highest BCUT2D eigenvalue weighted by Crippen LogP contribution is 2.31. The van der Waals surface area contributed by atoms with Gasteiger partial charge in [0.25, 0.3) is 0 Å². The lowest BCUT2D eigenvalue weighted by atomic mass is 10.0. The van der Waals surface area contributed by atoms with Crippen LogP contribution >= 0.6 is 0 Å². The van der Waals surface area contributed by atoms with Gasteiger partial charge in [0.1, 0.15) is 16.9 Å². The topological polar surface area (TPSA) is 43.4 Å². The van der Waals surface area contributed by atoms with Crippen LogP contribution in [0.4, 0.5) is 0 Å². The van der Waals surface area contributed by atoms with Crippen molar-refractivity contribution in [3.8, 4) is 11.3 Å². The van der Waals surface area contributed by atoms with E-state index < -0.39 is 0 Å². The predicted octanol–water partition coefficient (Wildman–Crippen LogP) is 5.13. The van der Waals surface area contributed by atoms with Crippen molar-refractivity contribution >= 4 is 21.9 Å². The fraction of sp³-hybridized carbons (Fsp3) is 0.150. The first-order valence-corrected chi connectivity index (χ1v) is 7.56. The SMILES string of the molecule is Cc1cc(C)cc(-c2cc(=O)c3ccc4occ(C)c4c3o2)c1. The molecule has 0 atom stereocenters. The normalized spacial score (nSPS) is 11.4. The molecule has 4 aromatic rings. The molecule has 2 aromatic heterocycles. The largest absolute Gasteiger partial charge is 0.464 e. The van der Waals surface area contributed by atoms with Gasteiger partial charge < -0.3 is 8.83 Å². The minimum atomic E-state index is -0.0390. The fourth-order valence-corrected chi connectivity index (χ4v) is 3.14. The van der Waals surface area contributed by atoms with Crippen LogP contribution in [0, 0.1) is 20.8 Å². The van der Waals surface area contributed by atoms with Gasteiger partial charge in [0, 0.05) is 11.6 Å². The van der Waals surface area contributed by atoms with E-state index in [1.807, 2.05) is 39.0 Å². The van der Waals surface area contributed by atoms with Gasteiger partial charge >= 0.3 is 0 Å². The Balaban J connectivity index is 2.11. The quantitative estimate of drug-likeness (QED) is 0.489. The van der Waals surface area contributed by atoms with Crippen LogP contribution in [0.3, 0.4) is 0 Å². The molecule has 0 amide bonds. The Kier molecular flexibility index (Phi) is 2.91. The lowest BCUT2D eigenvalue weighted by Crippen LogP contribution is -2.00. The molecule has 0 saturated carbocycles.